The van der Waals surface area contributed by atoms with Crippen LogP contribution in [0.1, 0.15) is 19.4 Å². The first kappa shape index (κ1) is 12.7. The van der Waals surface area contributed by atoms with Crippen LogP contribution in [0.3, 0.4) is 0 Å². The molecule has 0 saturated heterocycles. The van der Waals surface area contributed by atoms with Gasteiger partial charge in [-0.15, -0.1) is 0 Å². The van der Waals surface area contributed by atoms with E-state index in [0.29, 0.717) is 5.02 Å². The smallest absolute Gasteiger partial charge is 0.328 e. The van der Waals surface area contributed by atoms with E-state index >= 15 is 0 Å². The molecular weight excluding hydrogens is 250 g/mol. The highest BCUT2D eigenvalue weighted by Crippen LogP contribution is 2.32. The van der Waals surface area contributed by atoms with Crippen LogP contribution in [0.15, 0.2) is 30.5 Å². The molecule has 0 unspecified atom stereocenters. The Labute approximate surface area is 110 Å². The number of rotatable bonds is 3. The van der Waals surface area contributed by atoms with Gasteiger partial charge in [-0.3, -0.25) is 0 Å². The molecule has 0 aliphatic rings. The molecule has 1 heterocycles. The highest BCUT2D eigenvalue weighted by atomic mass is 35.5. The Hall–Kier alpha value is -1.74. The number of aliphatic carboxylic acids is 1. The van der Waals surface area contributed by atoms with Crippen molar-refractivity contribution >= 4 is 34.0 Å². The third-order valence-corrected chi connectivity index (χ3v) is 3.19. The van der Waals surface area contributed by atoms with Crippen molar-refractivity contribution < 1.29 is 9.90 Å². The predicted molar refractivity (Wildman–Crippen MR) is 73.8 cm³/mol. The lowest BCUT2D eigenvalue weighted by Gasteiger charge is -2.09. The van der Waals surface area contributed by atoms with Crippen molar-refractivity contribution in [3.8, 4) is 0 Å². The Kier molecular flexibility index (Phi) is 3.43. The molecule has 0 saturated carbocycles. The van der Waals surface area contributed by atoms with Gasteiger partial charge in [0.15, 0.2) is 0 Å². The number of H-pyrrole nitrogens is 1. The van der Waals surface area contributed by atoms with Crippen molar-refractivity contribution in [2.75, 3.05) is 0 Å². The van der Waals surface area contributed by atoms with Crippen LogP contribution in [0.4, 0.5) is 0 Å². The van der Waals surface area contributed by atoms with Gasteiger partial charge in [-0.05, 0) is 17.6 Å². The molecule has 3 nitrogen and oxygen atoms in total. The Morgan fingerprint density at radius 2 is 2.17 bits per heavy atom. The van der Waals surface area contributed by atoms with Crippen LogP contribution in [0.2, 0.25) is 5.02 Å². The summed E-state index contributed by atoms with van der Waals surface area (Å²) in [5.41, 5.74) is 2.52. The molecule has 0 radical (unpaired) electrons. The number of carboxylic acid groups (broad SMARTS) is 1. The zero-order valence-corrected chi connectivity index (χ0v) is 11.0. The first-order chi connectivity index (χ1) is 8.50. The minimum atomic E-state index is -0.935. The van der Waals surface area contributed by atoms with E-state index in [1.165, 1.54) is 6.08 Å². The second-order valence-electron chi connectivity index (χ2n) is 4.46. The number of halogens is 1. The predicted octanol–water partition coefficient (Wildman–Crippen LogP) is 3.95. The SMILES string of the molecule is CC(C)/C(=C\C(=O)O)c1c[nH]c2c(Cl)cccc12. The number of allylic oxidation sites excluding steroid dienone is 1. The molecule has 0 spiro atoms. The monoisotopic (exact) mass is 263 g/mol. The van der Waals surface area contributed by atoms with Crippen molar-refractivity contribution in [2.24, 2.45) is 5.92 Å². The summed E-state index contributed by atoms with van der Waals surface area (Å²) in [6, 6.07) is 5.60. The molecule has 94 valence electrons. The van der Waals surface area contributed by atoms with E-state index < -0.39 is 5.97 Å². The Morgan fingerprint density at radius 1 is 1.44 bits per heavy atom. The van der Waals surface area contributed by atoms with Crippen LogP contribution in [-0.2, 0) is 4.79 Å². The number of hydrogen-bond acceptors (Lipinski definition) is 1. The third kappa shape index (κ3) is 2.27. The van der Waals surface area contributed by atoms with Gasteiger partial charge in [-0.1, -0.05) is 37.6 Å². The molecular formula is C14H14ClNO2. The Balaban J connectivity index is 2.66. The average Bonchev–Trinajstić information content (AvgIpc) is 2.70. The van der Waals surface area contributed by atoms with Crippen LogP contribution in [0.25, 0.3) is 16.5 Å². The van der Waals surface area contributed by atoms with Crippen LogP contribution >= 0.6 is 11.6 Å². The first-order valence-electron chi connectivity index (χ1n) is 5.71. The normalized spacial score (nSPS) is 12.3. The second kappa shape index (κ2) is 4.86. The maximum atomic E-state index is 10.9. The van der Waals surface area contributed by atoms with Gasteiger partial charge in [0.25, 0.3) is 0 Å². The highest BCUT2D eigenvalue weighted by Gasteiger charge is 2.14. The molecule has 0 atom stereocenters. The van der Waals surface area contributed by atoms with Gasteiger partial charge >= 0.3 is 5.97 Å². The summed E-state index contributed by atoms with van der Waals surface area (Å²) in [7, 11) is 0. The Bertz CT molecular complexity index is 626. The van der Waals surface area contributed by atoms with Crippen molar-refractivity contribution in [3.63, 3.8) is 0 Å². The average molecular weight is 264 g/mol. The maximum Gasteiger partial charge on any atom is 0.328 e. The second-order valence-corrected chi connectivity index (χ2v) is 4.86. The van der Waals surface area contributed by atoms with Gasteiger partial charge < -0.3 is 10.1 Å². The number of para-hydroxylation sites is 1. The van der Waals surface area contributed by atoms with E-state index in [1.807, 2.05) is 32.2 Å². The lowest BCUT2D eigenvalue weighted by atomic mass is 9.94. The zero-order chi connectivity index (χ0) is 13.3. The Morgan fingerprint density at radius 3 is 2.78 bits per heavy atom. The number of nitrogens with one attached hydrogen (secondary N) is 1. The number of aromatic nitrogens is 1. The minimum absolute atomic E-state index is 0.124. The van der Waals surface area contributed by atoms with Crippen LogP contribution < -0.4 is 0 Å². The first-order valence-corrected chi connectivity index (χ1v) is 6.09. The molecule has 1 aromatic carbocycles. The maximum absolute atomic E-state index is 10.9. The summed E-state index contributed by atoms with van der Waals surface area (Å²) < 4.78 is 0. The van der Waals surface area contributed by atoms with E-state index in [2.05, 4.69) is 4.98 Å². The fourth-order valence-electron chi connectivity index (χ4n) is 2.04. The molecule has 1 aromatic heterocycles. The topological polar surface area (TPSA) is 53.1 Å². The molecule has 0 amide bonds. The van der Waals surface area contributed by atoms with E-state index in [-0.39, 0.29) is 5.92 Å². The number of hydrogen-bond donors (Lipinski definition) is 2. The van der Waals surface area contributed by atoms with Gasteiger partial charge in [-0.2, -0.15) is 0 Å². The van der Waals surface area contributed by atoms with E-state index in [0.717, 1.165) is 22.0 Å². The summed E-state index contributed by atoms with van der Waals surface area (Å²) in [5.74, 6) is -0.811. The van der Waals surface area contributed by atoms with E-state index in [4.69, 9.17) is 16.7 Å². The standard InChI is InChI=1S/C14H14ClNO2/c1-8(2)10(6-13(17)18)11-7-16-14-9(11)4-3-5-12(14)15/h3-8,16H,1-2H3,(H,17,18)/b10-6+. The largest absolute Gasteiger partial charge is 0.478 e. The summed E-state index contributed by atoms with van der Waals surface area (Å²) in [4.78, 5) is 14.0. The number of aromatic amines is 1. The van der Waals surface area contributed by atoms with Crippen molar-refractivity contribution in [2.45, 2.75) is 13.8 Å². The van der Waals surface area contributed by atoms with Gasteiger partial charge in [0, 0.05) is 23.2 Å². The van der Waals surface area contributed by atoms with Crippen molar-refractivity contribution in [3.05, 3.63) is 41.1 Å². The molecule has 2 aromatic rings. The summed E-state index contributed by atoms with van der Waals surface area (Å²) >= 11 is 6.09. The van der Waals surface area contributed by atoms with Crippen LogP contribution in [-0.4, -0.2) is 16.1 Å². The molecule has 2 N–H and O–H groups in total. The van der Waals surface area contributed by atoms with Crippen molar-refractivity contribution in [1.82, 2.24) is 4.98 Å². The number of carboxylic acids is 1. The summed E-state index contributed by atoms with van der Waals surface area (Å²) in [5, 5.41) is 10.5. The molecule has 2 rings (SSSR count). The van der Waals surface area contributed by atoms with E-state index in [9.17, 15) is 4.79 Å². The minimum Gasteiger partial charge on any atom is -0.478 e. The fraction of sp³-hybridized carbons (Fsp3) is 0.214. The lowest BCUT2D eigenvalue weighted by Crippen LogP contribution is -1.98. The lowest BCUT2D eigenvalue weighted by molar-refractivity contribution is -0.131. The van der Waals surface area contributed by atoms with E-state index in [1.54, 1.807) is 6.07 Å². The molecule has 0 bridgehead atoms. The molecule has 0 aliphatic heterocycles. The molecule has 0 fully saturated rings. The number of benzene rings is 1. The van der Waals surface area contributed by atoms with Crippen LogP contribution in [0, 0.1) is 5.92 Å². The fourth-order valence-corrected chi connectivity index (χ4v) is 2.27. The van der Waals surface area contributed by atoms with Gasteiger partial charge in [-0.25, -0.2) is 4.79 Å². The number of fused-ring (bicyclic) bond motifs is 1. The zero-order valence-electron chi connectivity index (χ0n) is 10.2. The third-order valence-electron chi connectivity index (χ3n) is 2.88. The highest BCUT2D eigenvalue weighted by molar-refractivity contribution is 6.35. The summed E-state index contributed by atoms with van der Waals surface area (Å²) in [6.07, 6.45) is 3.07. The molecule has 18 heavy (non-hydrogen) atoms. The van der Waals surface area contributed by atoms with Crippen molar-refractivity contribution in [1.29, 1.82) is 0 Å². The molecule has 0 aliphatic carbocycles. The van der Waals surface area contributed by atoms with Gasteiger partial charge in [0.1, 0.15) is 0 Å². The number of carbonyl (C=O) groups is 1. The summed E-state index contributed by atoms with van der Waals surface area (Å²) in [6.45, 7) is 3.94. The van der Waals surface area contributed by atoms with Gasteiger partial charge in [0.05, 0.1) is 10.5 Å². The van der Waals surface area contributed by atoms with Gasteiger partial charge in [0.2, 0.25) is 0 Å². The molecule has 4 heteroatoms. The quantitative estimate of drug-likeness (QED) is 0.824. The van der Waals surface area contributed by atoms with Crippen LogP contribution in [0.5, 0.6) is 0 Å².